The van der Waals surface area contributed by atoms with Gasteiger partial charge >= 0.3 is 5.97 Å². The summed E-state index contributed by atoms with van der Waals surface area (Å²) >= 11 is 1.53. The second kappa shape index (κ2) is 5.87. The quantitative estimate of drug-likeness (QED) is 0.785. The highest BCUT2D eigenvalue weighted by Gasteiger charge is 2.25. The van der Waals surface area contributed by atoms with E-state index in [2.05, 4.69) is 15.5 Å². The van der Waals surface area contributed by atoms with Crippen molar-refractivity contribution in [3.63, 3.8) is 0 Å². The van der Waals surface area contributed by atoms with Crippen LogP contribution in [0, 0.1) is 5.92 Å². The van der Waals surface area contributed by atoms with Gasteiger partial charge in [0.2, 0.25) is 0 Å². The summed E-state index contributed by atoms with van der Waals surface area (Å²) in [5.41, 5.74) is 0.918. The Morgan fingerprint density at radius 1 is 1.45 bits per heavy atom. The first-order valence-corrected chi connectivity index (χ1v) is 7.00. The first-order chi connectivity index (χ1) is 9.49. The molecular formula is C13H15N3O3S. The third-order valence-corrected chi connectivity index (χ3v) is 3.72. The number of carboxylic acid groups (broad SMARTS) is 1. The SMILES string of the molecule is CC(C)C(NC(=O)c1cc(-c2cccs2)[nH]n1)C(=O)O. The van der Waals surface area contributed by atoms with Crippen LogP contribution in [0.2, 0.25) is 0 Å². The molecule has 0 aliphatic rings. The smallest absolute Gasteiger partial charge is 0.326 e. The van der Waals surface area contributed by atoms with Gasteiger partial charge in [0.1, 0.15) is 6.04 Å². The van der Waals surface area contributed by atoms with Gasteiger partial charge in [0.15, 0.2) is 5.69 Å². The number of carboxylic acids is 1. The lowest BCUT2D eigenvalue weighted by atomic mass is 10.0. The monoisotopic (exact) mass is 293 g/mol. The highest BCUT2D eigenvalue weighted by atomic mass is 32.1. The molecule has 2 rings (SSSR count). The summed E-state index contributed by atoms with van der Waals surface area (Å²) in [4.78, 5) is 24.0. The van der Waals surface area contributed by atoms with Crippen molar-refractivity contribution in [2.75, 3.05) is 0 Å². The lowest BCUT2D eigenvalue weighted by Crippen LogP contribution is -2.44. The third kappa shape index (κ3) is 3.05. The maximum atomic E-state index is 12.0. The second-order valence-electron chi connectivity index (χ2n) is 4.68. The maximum Gasteiger partial charge on any atom is 0.326 e. The van der Waals surface area contributed by atoms with Gasteiger partial charge in [-0.1, -0.05) is 19.9 Å². The summed E-state index contributed by atoms with van der Waals surface area (Å²) in [5, 5.41) is 20.1. The molecule has 0 fully saturated rings. The number of nitrogens with zero attached hydrogens (tertiary/aromatic N) is 1. The zero-order valence-electron chi connectivity index (χ0n) is 11.1. The molecule has 0 aromatic carbocycles. The number of aromatic nitrogens is 2. The first kappa shape index (κ1) is 14.3. The number of nitrogens with one attached hydrogen (secondary N) is 2. The Hall–Kier alpha value is -2.15. The topological polar surface area (TPSA) is 95.1 Å². The molecule has 2 aromatic rings. The Balaban J connectivity index is 2.12. The highest BCUT2D eigenvalue weighted by molar-refractivity contribution is 7.13. The van der Waals surface area contributed by atoms with Crippen molar-refractivity contribution in [3.05, 3.63) is 29.3 Å². The van der Waals surface area contributed by atoms with Gasteiger partial charge in [0.25, 0.3) is 5.91 Å². The van der Waals surface area contributed by atoms with Gasteiger partial charge < -0.3 is 10.4 Å². The van der Waals surface area contributed by atoms with Gasteiger partial charge in [-0.15, -0.1) is 11.3 Å². The van der Waals surface area contributed by atoms with Crippen molar-refractivity contribution in [3.8, 4) is 10.6 Å². The van der Waals surface area contributed by atoms with Crippen LogP contribution in [-0.4, -0.2) is 33.2 Å². The van der Waals surface area contributed by atoms with Crippen LogP contribution in [0.1, 0.15) is 24.3 Å². The number of aromatic amines is 1. The van der Waals surface area contributed by atoms with Crippen molar-refractivity contribution in [1.82, 2.24) is 15.5 Å². The molecule has 2 heterocycles. The number of rotatable bonds is 5. The van der Waals surface area contributed by atoms with Crippen LogP contribution in [0.5, 0.6) is 0 Å². The molecule has 0 saturated carbocycles. The fourth-order valence-electron chi connectivity index (χ4n) is 1.72. The highest BCUT2D eigenvalue weighted by Crippen LogP contribution is 2.22. The molecule has 0 aliphatic heterocycles. The molecule has 0 radical (unpaired) electrons. The second-order valence-corrected chi connectivity index (χ2v) is 5.63. The van der Waals surface area contributed by atoms with Crippen molar-refractivity contribution in [1.29, 1.82) is 0 Å². The van der Waals surface area contributed by atoms with Crippen molar-refractivity contribution < 1.29 is 14.7 Å². The van der Waals surface area contributed by atoms with Crippen molar-refractivity contribution in [2.45, 2.75) is 19.9 Å². The number of carbonyl (C=O) groups excluding carboxylic acids is 1. The van der Waals surface area contributed by atoms with Crippen LogP contribution in [0.4, 0.5) is 0 Å². The van der Waals surface area contributed by atoms with Gasteiger partial charge in [0, 0.05) is 0 Å². The van der Waals surface area contributed by atoms with E-state index in [1.165, 1.54) is 11.3 Å². The van der Waals surface area contributed by atoms with Crippen LogP contribution in [0.15, 0.2) is 23.6 Å². The zero-order chi connectivity index (χ0) is 14.7. The van der Waals surface area contributed by atoms with E-state index in [0.29, 0.717) is 0 Å². The molecule has 6 nitrogen and oxygen atoms in total. The largest absolute Gasteiger partial charge is 0.480 e. The number of hydrogen-bond donors (Lipinski definition) is 3. The van der Waals surface area contributed by atoms with Crippen LogP contribution < -0.4 is 5.32 Å². The van der Waals surface area contributed by atoms with Gasteiger partial charge in [-0.25, -0.2) is 4.79 Å². The van der Waals surface area contributed by atoms with E-state index < -0.39 is 17.9 Å². The number of H-pyrrole nitrogens is 1. The van der Waals surface area contributed by atoms with E-state index in [1.807, 2.05) is 17.5 Å². The van der Waals surface area contributed by atoms with E-state index in [-0.39, 0.29) is 11.6 Å². The molecule has 2 aromatic heterocycles. The normalized spacial score (nSPS) is 12.3. The lowest BCUT2D eigenvalue weighted by molar-refractivity contribution is -0.140. The summed E-state index contributed by atoms with van der Waals surface area (Å²) in [7, 11) is 0. The Kier molecular flexibility index (Phi) is 4.19. The molecule has 106 valence electrons. The molecule has 7 heteroatoms. The molecular weight excluding hydrogens is 278 g/mol. The fourth-order valence-corrected chi connectivity index (χ4v) is 2.42. The molecule has 0 aliphatic carbocycles. The van der Waals surface area contributed by atoms with Crippen LogP contribution in [-0.2, 0) is 4.79 Å². The summed E-state index contributed by atoms with van der Waals surface area (Å²) in [6, 6.07) is 4.50. The number of hydrogen-bond acceptors (Lipinski definition) is 4. The van der Waals surface area contributed by atoms with Gasteiger partial charge in [-0.3, -0.25) is 9.89 Å². The minimum atomic E-state index is -1.05. The summed E-state index contributed by atoms with van der Waals surface area (Å²) < 4.78 is 0. The van der Waals surface area contributed by atoms with E-state index >= 15 is 0 Å². The van der Waals surface area contributed by atoms with E-state index in [4.69, 9.17) is 5.11 Å². The van der Waals surface area contributed by atoms with Gasteiger partial charge in [-0.05, 0) is 23.4 Å². The molecule has 0 bridgehead atoms. The minimum absolute atomic E-state index is 0.181. The number of aliphatic carboxylic acids is 1. The average Bonchev–Trinajstić information content (AvgIpc) is 3.04. The van der Waals surface area contributed by atoms with E-state index in [0.717, 1.165) is 10.6 Å². The zero-order valence-corrected chi connectivity index (χ0v) is 11.9. The molecule has 3 N–H and O–H groups in total. The summed E-state index contributed by atoms with van der Waals surface area (Å²) in [5.74, 6) is -1.75. The fraction of sp³-hybridized carbons (Fsp3) is 0.308. The summed E-state index contributed by atoms with van der Waals surface area (Å²) in [6.07, 6.45) is 0. The molecule has 1 atom stereocenters. The van der Waals surface area contributed by atoms with Crippen LogP contribution in [0.25, 0.3) is 10.6 Å². The van der Waals surface area contributed by atoms with Gasteiger partial charge in [0.05, 0.1) is 10.6 Å². The third-order valence-electron chi connectivity index (χ3n) is 2.82. The standard InChI is InChI=1S/C13H15N3O3S/c1-7(2)11(13(18)19)14-12(17)9-6-8(15-16-9)10-4-3-5-20-10/h3-7,11H,1-2H3,(H,14,17)(H,15,16)(H,18,19). The van der Waals surface area contributed by atoms with Crippen molar-refractivity contribution in [2.24, 2.45) is 5.92 Å². The predicted octanol–water partition coefficient (Wildman–Crippen LogP) is 1.98. The number of thiophene rings is 1. The molecule has 20 heavy (non-hydrogen) atoms. The molecule has 1 amide bonds. The Bertz CT molecular complexity index is 604. The van der Waals surface area contributed by atoms with Gasteiger partial charge in [-0.2, -0.15) is 5.10 Å². The predicted molar refractivity (Wildman–Crippen MR) is 75.6 cm³/mol. The van der Waals surface area contributed by atoms with Crippen LogP contribution in [0.3, 0.4) is 0 Å². The number of amides is 1. The Morgan fingerprint density at radius 2 is 2.20 bits per heavy atom. The number of carbonyl (C=O) groups is 2. The average molecular weight is 293 g/mol. The van der Waals surface area contributed by atoms with Crippen molar-refractivity contribution >= 4 is 23.2 Å². The minimum Gasteiger partial charge on any atom is -0.480 e. The molecule has 0 saturated heterocycles. The lowest BCUT2D eigenvalue weighted by Gasteiger charge is -2.16. The maximum absolute atomic E-state index is 12.0. The Labute approximate surface area is 119 Å². The van der Waals surface area contributed by atoms with E-state index in [9.17, 15) is 9.59 Å². The summed E-state index contributed by atoms with van der Waals surface area (Å²) in [6.45, 7) is 3.47. The van der Waals surface area contributed by atoms with E-state index in [1.54, 1.807) is 19.9 Å². The first-order valence-electron chi connectivity index (χ1n) is 6.12. The molecule has 1 unspecified atom stereocenters. The van der Waals surface area contributed by atoms with Crippen LogP contribution >= 0.6 is 11.3 Å². The molecule has 0 spiro atoms. The Morgan fingerprint density at radius 3 is 2.75 bits per heavy atom.